The molecule has 1 amide bonds. The molecule has 2 aliphatic rings. The van der Waals surface area contributed by atoms with Crippen LogP contribution in [0.15, 0.2) is 0 Å². The lowest BCUT2D eigenvalue weighted by atomic mass is 9.98. The molecule has 0 aromatic rings. The maximum atomic E-state index is 12.0. The van der Waals surface area contributed by atoms with E-state index in [0.717, 1.165) is 25.9 Å². The Morgan fingerprint density at radius 3 is 2.62 bits per heavy atom. The third-order valence-electron chi connectivity index (χ3n) is 3.24. The Morgan fingerprint density at radius 2 is 2.06 bits per heavy atom. The molecule has 2 saturated heterocycles. The van der Waals surface area contributed by atoms with Crippen molar-refractivity contribution in [3.05, 3.63) is 0 Å². The van der Waals surface area contributed by atoms with Gasteiger partial charge >= 0.3 is 0 Å². The normalized spacial score (nSPS) is 28.1. The van der Waals surface area contributed by atoms with Crippen molar-refractivity contribution in [3.8, 4) is 0 Å². The number of hydrogen-bond acceptors (Lipinski definition) is 3. The van der Waals surface area contributed by atoms with E-state index in [1.807, 2.05) is 4.90 Å². The summed E-state index contributed by atoms with van der Waals surface area (Å²) in [6.45, 7) is 3.12. The van der Waals surface area contributed by atoms with E-state index in [9.17, 15) is 4.79 Å². The molecule has 0 N–H and O–H groups in total. The fourth-order valence-electron chi connectivity index (χ4n) is 2.14. The Bertz CT molecular complexity index is 235. The first-order chi connectivity index (χ1) is 7.81. The van der Waals surface area contributed by atoms with Gasteiger partial charge in [-0.05, 0) is 18.8 Å². The second-order valence-corrected chi connectivity index (χ2v) is 4.67. The lowest BCUT2D eigenvalue weighted by Gasteiger charge is -2.34. The van der Waals surface area contributed by atoms with Crippen LogP contribution >= 0.6 is 11.6 Å². The van der Waals surface area contributed by atoms with Crippen LogP contribution in [-0.4, -0.2) is 55.7 Å². The van der Waals surface area contributed by atoms with E-state index in [2.05, 4.69) is 0 Å². The van der Waals surface area contributed by atoms with Gasteiger partial charge in [0, 0.05) is 19.0 Å². The van der Waals surface area contributed by atoms with Crippen LogP contribution in [0, 0.1) is 5.92 Å². The monoisotopic (exact) mass is 247 g/mol. The minimum atomic E-state index is -0.388. The standard InChI is InChI=1S/C11H18ClNO3/c12-7-9-1-3-13(4-2-9)11(14)10-8-15-5-6-16-10/h9-10H,1-8H2. The maximum Gasteiger partial charge on any atom is 0.254 e. The largest absolute Gasteiger partial charge is 0.376 e. The van der Waals surface area contributed by atoms with Gasteiger partial charge < -0.3 is 14.4 Å². The van der Waals surface area contributed by atoms with Gasteiger partial charge in [-0.25, -0.2) is 0 Å². The summed E-state index contributed by atoms with van der Waals surface area (Å²) >= 11 is 5.81. The minimum absolute atomic E-state index is 0.0766. The fraction of sp³-hybridized carbons (Fsp3) is 0.909. The van der Waals surface area contributed by atoms with Gasteiger partial charge in [0.1, 0.15) is 0 Å². The van der Waals surface area contributed by atoms with Crippen LogP contribution in [0.25, 0.3) is 0 Å². The van der Waals surface area contributed by atoms with Crippen molar-refractivity contribution in [2.24, 2.45) is 5.92 Å². The van der Waals surface area contributed by atoms with Crippen molar-refractivity contribution in [1.82, 2.24) is 4.90 Å². The van der Waals surface area contributed by atoms with Crippen molar-refractivity contribution in [2.45, 2.75) is 18.9 Å². The van der Waals surface area contributed by atoms with Crippen LogP contribution in [0.5, 0.6) is 0 Å². The summed E-state index contributed by atoms with van der Waals surface area (Å²) in [5.74, 6) is 1.34. The van der Waals surface area contributed by atoms with Gasteiger partial charge in [-0.1, -0.05) is 0 Å². The highest BCUT2D eigenvalue weighted by atomic mass is 35.5. The predicted molar refractivity (Wildman–Crippen MR) is 60.6 cm³/mol. The van der Waals surface area contributed by atoms with Crippen LogP contribution < -0.4 is 0 Å². The molecule has 0 saturated carbocycles. The third-order valence-corrected chi connectivity index (χ3v) is 3.67. The summed E-state index contributed by atoms with van der Waals surface area (Å²) in [7, 11) is 0. The van der Waals surface area contributed by atoms with Crippen LogP contribution in [0.1, 0.15) is 12.8 Å². The van der Waals surface area contributed by atoms with Gasteiger partial charge in [-0.15, -0.1) is 11.6 Å². The van der Waals surface area contributed by atoms with Gasteiger partial charge in [0.2, 0.25) is 0 Å². The molecule has 1 atom stereocenters. The molecule has 5 heteroatoms. The molecule has 2 aliphatic heterocycles. The molecule has 0 aliphatic carbocycles. The number of carbonyl (C=O) groups excluding carboxylic acids is 1. The number of amides is 1. The molecule has 0 aromatic carbocycles. The highest BCUT2D eigenvalue weighted by Gasteiger charge is 2.30. The number of hydrogen-bond donors (Lipinski definition) is 0. The Morgan fingerprint density at radius 1 is 1.31 bits per heavy atom. The van der Waals surface area contributed by atoms with Crippen molar-refractivity contribution in [2.75, 3.05) is 38.8 Å². The molecule has 2 rings (SSSR count). The second-order valence-electron chi connectivity index (χ2n) is 4.36. The van der Waals surface area contributed by atoms with Crippen LogP contribution in [0.2, 0.25) is 0 Å². The summed E-state index contributed by atoms with van der Waals surface area (Å²) in [6, 6.07) is 0. The number of alkyl halides is 1. The van der Waals surface area contributed by atoms with Gasteiger partial charge in [-0.3, -0.25) is 4.79 Å². The van der Waals surface area contributed by atoms with E-state index in [-0.39, 0.29) is 12.0 Å². The van der Waals surface area contributed by atoms with E-state index < -0.39 is 0 Å². The first-order valence-corrected chi connectivity index (χ1v) is 6.39. The van der Waals surface area contributed by atoms with E-state index in [0.29, 0.717) is 31.6 Å². The van der Waals surface area contributed by atoms with Crippen molar-refractivity contribution >= 4 is 17.5 Å². The van der Waals surface area contributed by atoms with E-state index in [1.54, 1.807) is 0 Å². The van der Waals surface area contributed by atoms with Crippen molar-refractivity contribution in [1.29, 1.82) is 0 Å². The van der Waals surface area contributed by atoms with Gasteiger partial charge in [0.05, 0.1) is 19.8 Å². The average molecular weight is 248 g/mol. The van der Waals surface area contributed by atoms with E-state index in [4.69, 9.17) is 21.1 Å². The number of nitrogens with zero attached hydrogens (tertiary/aromatic N) is 1. The average Bonchev–Trinajstić information content (AvgIpc) is 2.39. The molecular formula is C11H18ClNO3. The Balaban J connectivity index is 1.81. The maximum absolute atomic E-state index is 12.0. The van der Waals surface area contributed by atoms with E-state index >= 15 is 0 Å². The number of likely N-dealkylation sites (tertiary alicyclic amines) is 1. The number of ether oxygens (including phenoxy) is 2. The number of halogens is 1. The lowest BCUT2D eigenvalue weighted by Crippen LogP contribution is -2.48. The molecule has 2 heterocycles. The molecule has 1 unspecified atom stereocenters. The van der Waals surface area contributed by atoms with E-state index in [1.165, 1.54) is 0 Å². The second kappa shape index (κ2) is 5.84. The fourth-order valence-corrected chi connectivity index (χ4v) is 2.45. The highest BCUT2D eigenvalue weighted by Crippen LogP contribution is 2.19. The number of piperidine rings is 1. The number of rotatable bonds is 2. The van der Waals surface area contributed by atoms with Gasteiger partial charge in [-0.2, -0.15) is 0 Å². The molecule has 0 bridgehead atoms. The van der Waals surface area contributed by atoms with Crippen LogP contribution in [0.4, 0.5) is 0 Å². The Hall–Kier alpha value is -0.320. The summed E-state index contributed by atoms with van der Waals surface area (Å²) in [6.07, 6.45) is 1.62. The zero-order valence-corrected chi connectivity index (χ0v) is 10.1. The quantitative estimate of drug-likeness (QED) is 0.680. The molecule has 2 fully saturated rings. The first-order valence-electron chi connectivity index (χ1n) is 5.85. The summed E-state index contributed by atoms with van der Waals surface area (Å²) in [5.41, 5.74) is 0. The number of carbonyl (C=O) groups is 1. The smallest absolute Gasteiger partial charge is 0.254 e. The summed E-state index contributed by atoms with van der Waals surface area (Å²) < 4.78 is 10.6. The zero-order valence-electron chi connectivity index (χ0n) is 9.36. The topological polar surface area (TPSA) is 38.8 Å². The third kappa shape index (κ3) is 2.87. The van der Waals surface area contributed by atoms with Gasteiger partial charge in [0.15, 0.2) is 6.10 Å². The SMILES string of the molecule is O=C(C1COCCO1)N1CCC(CCl)CC1. The lowest BCUT2D eigenvalue weighted by molar-refractivity contribution is -0.159. The first kappa shape index (κ1) is 12.1. The summed E-state index contributed by atoms with van der Waals surface area (Å²) in [5, 5.41) is 0. The molecule has 0 aromatic heterocycles. The molecule has 0 radical (unpaired) electrons. The Labute approximate surface area is 101 Å². The molecule has 0 spiro atoms. The predicted octanol–water partition coefficient (Wildman–Crippen LogP) is 0.879. The summed E-state index contributed by atoms with van der Waals surface area (Å²) in [4.78, 5) is 13.9. The minimum Gasteiger partial charge on any atom is -0.376 e. The van der Waals surface area contributed by atoms with Crippen molar-refractivity contribution < 1.29 is 14.3 Å². The molecule has 92 valence electrons. The van der Waals surface area contributed by atoms with Crippen LogP contribution in [0.3, 0.4) is 0 Å². The van der Waals surface area contributed by atoms with Gasteiger partial charge in [0.25, 0.3) is 5.91 Å². The van der Waals surface area contributed by atoms with Crippen LogP contribution in [-0.2, 0) is 14.3 Å². The molecular weight excluding hydrogens is 230 g/mol. The Kier molecular flexibility index (Phi) is 4.44. The molecule has 4 nitrogen and oxygen atoms in total. The molecule has 16 heavy (non-hydrogen) atoms. The highest BCUT2D eigenvalue weighted by molar-refractivity contribution is 6.18. The van der Waals surface area contributed by atoms with Crippen molar-refractivity contribution in [3.63, 3.8) is 0 Å². The zero-order chi connectivity index (χ0) is 11.4.